The maximum atomic E-state index is 6.38. The van der Waals surface area contributed by atoms with E-state index in [2.05, 4.69) is 30.1 Å². The number of rotatable bonds is 5. The van der Waals surface area contributed by atoms with Gasteiger partial charge in [0.05, 0.1) is 10.7 Å². The molecular formula is C15H23ClN2. The number of hydrogen-bond acceptors (Lipinski definition) is 2. The first-order chi connectivity index (χ1) is 8.68. The molecule has 1 aliphatic heterocycles. The lowest BCUT2D eigenvalue weighted by atomic mass is 10.1. The second-order valence-corrected chi connectivity index (χ2v) is 5.87. The molecule has 0 saturated carbocycles. The van der Waals surface area contributed by atoms with E-state index in [0.29, 0.717) is 5.92 Å². The molecule has 0 aromatic heterocycles. The smallest absolute Gasteiger partial charge is 0.0642 e. The highest BCUT2D eigenvalue weighted by molar-refractivity contribution is 6.33. The molecule has 1 heterocycles. The lowest BCUT2D eigenvalue weighted by Gasteiger charge is -2.23. The van der Waals surface area contributed by atoms with Gasteiger partial charge in [0.2, 0.25) is 0 Å². The first-order valence-electron chi connectivity index (χ1n) is 6.91. The maximum absolute atomic E-state index is 6.38. The van der Waals surface area contributed by atoms with Crippen molar-refractivity contribution in [2.45, 2.75) is 33.2 Å². The normalized spacial score (nSPS) is 15.7. The van der Waals surface area contributed by atoms with E-state index in [1.165, 1.54) is 24.1 Å². The van der Waals surface area contributed by atoms with Crippen LogP contribution >= 0.6 is 11.6 Å². The van der Waals surface area contributed by atoms with E-state index in [-0.39, 0.29) is 0 Å². The van der Waals surface area contributed by atoms with E-state index in [1.54, 1.807) is 0 Å². The summed E-state index contributed by atoms with van der Waals surface area (Å²) < 4.78 is 0. The zero-order valence-corrected chi connectivity index (χ0v) is 12.1. The average molecular weight is 267 g/mol. The average Bonchev–Trinajstić information content (AvgIpc) is 2.82. The highest BCUT2D eigenvalue weighted by atomic mass is 35.5. The van der Waals surface area contributed by atoms with Crippen molar-refractivity contribution in [3.63, 3.8) is 0 Å². The Hall–Kier alpha value is -0.730. The third-order valence-corrected chi connectivity index (χ3v) is 3.67. The van der Waals surface area contributed by atoms with Crippen LogP contribution < -0.4 is 10.2 Å². The van der Waals surface area contributed by atoms with Crippen LogP contribution in [0.3, 0.4) is 0 Å². The number of nitrogens with zero attached hydrogens (tertiary/aromatic N) is 1. The molecule has 3 heteroatoms. The summed E-state index contributed by atoms with van der Waals surface area (Å²) in [4.78, 5) is 2.43. The summed E-state index contributed by atoms with van der Waals surface area (Å²) in [7, 11) is 0. The van der Waals surface area contributed by atoms with Gasteiger partial charge < -0.3 is 10.2 Å². The standard InChI is InChI=1S/C15H23ClN2/c1-12(2)10-17-11-13-6-5-7-14(16)15(13)18-8-3-4-9-18/h5-7,12,17H,3-4,8-11H2,1-2H3. The van der Waals surface area contributed by atoms with Crippen LogP contribution in [-0.2, 0) is 6.54 Å². The van der Waals surface area contributed by atoms with Gasteiger partial charge >= 0.3 is 0 Å². The minimum absolute atomic E-state index is 0.680. The fraction of sp³-hybridized carbons (Fsp3) is 0.600. The van der Waals surface area contributed by atoms with Crippen LogP contribution in [0.25, 0.3) is 0 Å². The fourth-order valence-corrected chi connectivity index (χ4v) is 2.81. The van der Waals surface area contributed by atoms with E-state index in [4.69, 9.17) is 11.6 Å². The molecule has 0 radical (unpaired) electrons. The molecule has 2 nitrogen and oxygen atoms in total. The lowest BCUT2D eigenvalue weighted by molar-refractivity contribution is 0.552. The number of halogens is 1. The Balaban J connectivity index is 2.10. The number of benzene rings is 1. The molecule has 100 valence electrons. The topological polar surface area (TPSA) is 15.3 Å². The minimum atomic E-state index is 0.680. The third-order valence-electron chi connectivity index (χ3n) is 3.36. The van der Waals surface area contributed by atoms with Crippen molar-refractivity contribution in [1.29, 1.82) is 0 Å². The summed E-state index contributed by atoms with van der Waals surface area (Å²) in [6.07, 6.45) is 2.56. The zero-order chi connectivity index (χ0) is 13.0. The van der Waals surface area contributed by atoms with Gasteiger partial charge in [0.1, 0.15) is 0 Å². The van der Waals surface area contributed by atoms with Crippen LogP contribution in [-0.4, -0.2) is 19.6 Å². The van der Waals surface area contributed by atoms with Gasteiger partial charge in [-0.1, -0.05) is 37.6 Å². The largest absolute Gasteiger partial charge is 0.370 e. The highest BCUT2D eigenvalue weighted by Crippen LogP contribution is 2.32. The predicted molar refractivity (Wildman–Crippen MR) is 79.4 cm³/mol. The summed E-state index contributed by atoms with van der Waals surface area (Å²) in [6.45, 7) is 8.69. The Kier molecular flexibility index (Phi) is 4.90. The Labute approximate surface area is 115 Å². The van der Waals surface area contributed by atoms with Crippen LogP contribution in [0.1, 0.15) is 32.3 Å². The molecule has 0 aliphatic carbocycles. The third kappa shape index (κ3) is 3.39. The van der Waals surface area contributed by atoms with Gasteiger partial charge in [0, 0.05) is 19.6 Å². The summed E-state index contributed by atoms with van der Waals surface area (Å²) in [5.41, 5.74) is 2.57. The van der Waals surface area contributed by atoms with E-state index in [0.717, 1.165) is 31.2 Å². The second-order valence-electron chi connectivity index (χ2n) is 5.47. The van der Waals surface area contributed by atoms with Gasteiger partial charge in [-0.15, -0.1) is 0 Å². The van der Waals surface area contributed by atoms with Gasteiger partial charge in [0.25, 0.3) is 0 Å². The van der Waals surface area contributed by atoms with Crippen molar-refractivity contribution >= 4 is 17.3 Å². The fourth-order valence-electron chi connectivity index (χ4n) is 2.49. The number of nitrogens with one attached hydrogen (secondary N) is 1. The Morgan fingerprint density at radius 2 is 2.00 bits per heavy atom. The van der Waals surface area contributed by atoms with Gasteiger partial charge in [-0.3, -0.25) is 0 Å². The molecule has 1 fully saturated rings. The molecule has 0 amide bonds. The van der Waals surface area contributed by atoms with E-state index >= 15 is 0 Å². The minimum Gasteiger partial charge on any atom is -0.370 e. The molecule has 1 aromatic rings. The van der Waals surface area contributed by atoms with Crippen molar-refractivity contribution in [2.75, 3.05) is 24.5 Å². The van der Waals surface area contributed by atoms with Crippen molar-refractivity contribution < 1.29 is 0 Å². The van der Waals surface area contributed by atoms with Crippen LogP contribution in [0.5, 0.6) is 0 Å². The van der Waals surface area contributed by atoms with E-state index in [1.807, 2.05) is 12.1 Å². The van der Waals surface area contributed by atoms with Crippen molar-refractivity contribution in [3.8, 4) is 0 Å². The monoisotopic (exact) mass is 266 g/mol. The highest BCUT2D eigenvalue weighted by Gasteiger charge is 2.18. The van der Waals surface area contributed by atoms with E-state index in [9.17, 15) is 0 Å². The van der Waals surface area contributed by atoms with Gasteiger partial charge in [-0.05, 0) is 36.9 Å². The first kappa shape index (κ1) is 13.7. The van der Waals surface area contributed by atoms with Gasteiger partial charge in [-0.2, -0.15) is 0 Å². The molecule has 1 saturated heterocycles. The molecule has 0 unspecified atom stereocenters. The second kappa shape index (κ2) is 6.44. The Morgan fingerprint density at radius 3 is 2.67 bits per heavy atom. The quantitative estimate of drug-likeness (QED) is 0.875. The number of hydrogen-bond donors (Lipinski definition) is 1. The summed E-state index contributed by atoms with van der Waals surface area (Å²) >= 11 is 6.38. The van der Waals surface area contributed by atoms with E-state index < -0.39 is 0 Å². The van der Waals surface area contributed by atoms with Gasteiger partial charge in [0.15, 0.2) is 0 Å². The molecule has 1 aliphatic rings. The summed E-state index contributed by atoms with van der Waals surface area (Å²) in [5.74, 6) is 0.680. The molecule has 1 N–H and O–H groups in total. The molecular weight excluding hydrogens is 244 g/mol. The number of para-hydroxylation sites is 1. The van der Waals surface area contributed by atoms with Crippen LogP contribution in [0, 0.1) is 5.92 Å². The maximum Gasteiger partial charge on any atom is 0.0642 e. The van der Waals surface area contributed by atoms with Crippen LogP contribution in [0.4, 0.5) is 5.69 Å². The number of anilines is 1. The van der Waals surface area contributed by atoms with Crippen molar-refractivity contribution in [2.24, 2.45) is 5.92 Å². The van der Waals surface area contributed by atoms with Crippen LogP contribution in [0.15, 0.2) is 18.2 Å². The Bertz CT molecular complexity index is 384. The first-order valence-corrected chi connectivity index (χ1v) is 7.29. The molecule has 1 aromatic carbocycles. The van der Waals surface area contributed by atoms with Gasteiger partial charge in [-0.25, -0.2) is 0 Å². The predicted octanol–water partition coefficient (Wildman–Crippen LogP) is 3.69. The van der Waals surface area contributed by atoms with Crippen molar-refractivity contribution in [3.05, 3.63) is 28.8 Å². The summed E-state index contributed by atoms with van der Waals surface area (Å²) in [5, 5.41) is 4.40. The summed E-state index contributed by atoms with van der Waals surface area (Å²) in [6, 6.07) is 6.24. The molecule has 0 atom stereocenters. The SMILES string of the molecule is CC(C)CNCc1cccc(Cl)c1N1CCCC1. The molecule has 0 spiro atoms. The Morgan fingerprint density at radius 1 is 1.28 bits per heavy atom. The molecule has 18 heavy (non-hydrogen) atoms. The zero-order valence-electron chi connectivity index (χ0n) is 11.4. The van der Waals surface area contributed by atoms with Crippen molar-refractivity contribution in [1.82, 2.24) is 5.32 Å². The lowest BCUT2D eigenvalue weighted by Crippen LogP contribution is -2.23. The van der Waals surface area contributed by atoms with Crippen LogP contribution in [0.2, 0.25) is 5.02 Å². The molecule has 0 bridgehead atoms. The molecule has 2 rings (SSSR count).